The molecule has 6 rings (SSSR count). The number of nitrogens with one attached hydrogen (secondary N) is 2. The third kappa shape index (κ3) is 6.12. The molecule has 2 N–H and O–H groups in total. The zero-order valence-electron chi connectivity index (χ0n) is 22.2. The van der Waals surface area contributed by atoms with Gasteiger partial charge in [0, 0.05) is 41.8 Å². The monoisotopic (exact) mass is 534 g/mol. The third-order valence-electron chi connectivity index (χ3n) is 7.48. The van der Waals surface area contributed by atoms with Crippen molar-refractivity contribution in [1.82, 2.24) is 9.97 Å². The van der Waals surface area contributed by atoms with Crippen LogP contribution in [-0.4, -0.2) is 22.4 Å². The van der Waals surface area contributed by atoms with Gasteiger partial charge in [-0.25, -0.2) is 4.98 Å². The number of fused-ring (bicyclic) bond motifs is 3. The number of aryl methyl sites for hydroxylation is 1. The first kappa shape index (κ1) is 25.5. The van der Waals surface area contributed by atoms with E-state index in [1.165, 1.54) is 45.4 Å². The van der Waals surface area contributed by atoms with Crippen LogP contribution in [0.4, 0.5) is 11.4 Å². The number of carbonyl (C=O) groups is 1. The Morgan fingerprint density at radius 2 is 1.62 bits per heavy atom. The van der Waals surface area contributed by atoms with Gasteiger partial charge in [-0.05, 0) is 80.0 Å². The first-order valence-electron chi connectivity index (χ1n) is 14.1. The van der Waals surface area contributed by atoms with E-state index < -0.39 is 0 Å². The zero-order chi connectivity index (χ0) is 26.4. The standard InChI is InChI=1S/C33H34N4OS/c38-31(35-24-19-17-23(18-20-24)22-32-37-29-14-7-8-15-30(29)39-32)16-2-1-9-21-34-33-25-10-3-5-12-27(25)36-28-13-6-4-11-26(28)33/h3,5,7-8,10,12,14-15,17-20H,1-2,4,6,9,11,13,16,21-22H2,(H,34,36)(H,35,38). The SMILES string of the molecule is O=C(CCCCCNc1c2c(nc3ccccc13)CCCC2)Nc1ccc(Cc2nc3ccccc3s2)cc1. The molecule has 0 aliphatic heterocycles. The van der Waals surface area contributed by atoms with Crippen molar-refractivity contribution in [2.24, 2.45) is 0 Å². The lowest BCUT2D eigenvalue weighted by Crippen LogP contribution is -2.13. The van der Waals surface area contributed by atoms with Crippen LogP contribution in [0, 0.1) is 0 Å². The summed E-state index contributed by atoms with van der Waals surface area (Å²) in [5.41, 5.74) is 8.14. The summed E-state index contributed by atoms with van der Waals surface area (Å²) in [6, 6.07) is 24.8. The van der Waals surface area contributed by atoms with Crippen LogP contribution in [0.15, 0.2) is 72.8 Å². The summed E-state index contributed by atoms with van der Waals surface area (Å²) in [6.07, 6.45) is 8.95. The Morgan fingerprint density at radius 3 is 2.49 bits per heavy atom. The van der Waals surface area contributed by atoms with Gasteiger partial charge in [0.1, 0.15) is 0 Å². The van der Waals surface area contributed by atoms with Crippen molar-refractivity contribution in [3.8, 4) is 0 Å². The molecule has 1 amide bonds. The number of thiazole rings is 1. The van der Waals surface area contributed by atoms with Crippen molar-refractivity contribution in [3.05, 3.63) is 94.6 Å². The fourth-order valence-corrected chi connectivity index (χ4v) is 6.48. The average Bonchev–Trinajstić information content (AvgIpc) is 3.38. The van der Waals surface area contributed by atoms with Gasteiger partial charge in [0.15, 0.2) is 0 Å². The minimum Gasteiger partial charge on any atom is -0.384 e. The van der Waals surface area contributed by atoms with Crippen LogP contribution in [0.5, 0.6) is 0 Å². The largest absolute Gasteiger partial charge is 0.384 e. The number of nitrogens with zero attached hydrogens (tertiary/aromatic N) is 2. The molecule has 5 nitrogen and oxygen atoms in total. The van der Waals surface area contributed by atoms with Gasteiger partial charge < -0.3 is 10.6 Å². The number of aromatic nitrogens is 2. The Hall–Kier alpha value is -3.77. The number of rotatable bonds is 10. The van der Waals surface area contributed by atoms with Gasteiger partial charge >= 0.3 is 0 Å². The zero-order valence-corrected chi connectivity index (χ0v) is 23.0. The molecule has 2 aromatic heterocycles. The van der Waals surface area contributed by atoms with Crippen LogP contribution in [0.25, 0.3) is 21.1 Å². The number of amides is 1. The van der Waals surface area contributed by atoms with Crippen LogP contribution in [0.1, 0.15) is 60.4 Å². The molecule has 0 spiro atoms. The Labute approximate surface area is 233 Å². The van der Waals surface area contributed by atoms with Crippen LogP contribution in [0.2, 0.25) is 0 Å². The highest BCUT2D eigenvalue weighted by Gasteiger charge is 2.17. The molecule has 0 unspecified atom stereocenters. The fraction of sp³-hybridized carbons (Fsp3) is 0.303. The van der Waals surface area contributed by atoms with Gasteiger partial charge in [0.05, 0.1) is 20.7 Å². The van der Waals surface area contributed by atoms with Gasteiger partial charge in [0.25, 0.3) is 0 Å². The van der Waals surface area contributed by atoms with Crippen LogP contribution >= 0.6 is 11.3 Å². The molecule has 0 bridgehead atoms. The lowest BCUT2D eigenvalue weighted by molar-refractivity contribution is -0.116. The molecule has 0 radical (unpaired) electrons. The Balaban J connectivity index is 0.946. The number of unbranched alkanes of at least 4 members (excludes halogenated alkanes) is 2. The minimum absolute atomic E-state index is 0.0797. The van der Waals surface area contributed by atoms with Crippen molar-refractivity contribution >= 4 is 49.7 Å². The summed E-state index contributed by atoms with van der Waals surface area (Å²) in [5.74, 6) is 0.0797. The molecule has 6 heteroatoms. The van der Waals surface area contributed by atoms with E-state index in [0.29, 0.717) is 6.42 Å². The Morgan fingerprint density at radius 1 is 0.821 bits per heavy atom. The molecular formula is C33H34N4OS. The second-order valence-electron chi connectivity index (χ2n) is 10.4. The summed E-state index contributed by atoms with van der Waals surface area (Å²) in [5, 5.41) is 9.12. The quantitative estimate of drug-likeness (QED) is 0.179. The van der Waals surface area contributed by atoms with Crippen LogP contribution < -0.4 is 10.6 Å². The predicted octanol–water partition coefficient (Wildman–Crippen LogP) is 7.93. The average molecular weight is 535 g/mol. The van der Waals surface area contributed by atoms with E-state index in [2.05, 4.69) is 65.2 Å². The Kier molecular flexibility index (Phi) is 7.82. The lowest BCUT2D eigenvalue weighted by Gasteiger charge is -2.21. The van der Waals surface area contributed by atoms with Crippen LogP contribution in [-0.2, 0) is 24.1 Å². The summed E-state index contributed by atoms with van der Waals surface area (Å²) in [7, 11) is 0. The Bertz CT molecular complexity index is 1560. The molecule has 0 atom stereocenters. The molecule has 198 valence electrons. The molecule has 3 aromatic carbocycles. The summed E-state index contributed by atoms with van der Waals surface area (Å²) >= 11 is 1.74. The van der Waals surface area contributed by atoms with E-state index in [4.69, 9.17) is 9.97 Å². The van der Waals surface area contributed by atoms with Gasteiger partial charge in [-0.2, -0.15) is 0 Å². The van der Waals surface area contributed by atoms with E-state index in [-0.39, 0.29) is 5.91 Å². The minimum atomic E-state index is 0.0797. The first-order valence-corrected chi connectivity index (χ1v) is 14.9. The molecule has 1 aliphatic carbocycles. The summed E-state index contributed by atoms with van der Waals surface area (Å²) < 4.78 is 1.22. The number of hydrogen-bond donors (Lipinski definition) is 2. The molecule has 2 heterocycles. The van der Waals surface area contributed by atoms with E-state index in [0.717, 1.165) is 66.8 Å². The van der Waals surface area contributed by atoms with Gasteiger partial charge in [-0.1, -0.05) is 48.9 Å². The van der Waals surface area contributed by atoms with E-state index >= 15 is 0 Å². The number of benzene rings is 3. The maximum Gasteiger partial charge on any atom is 0.224 e. The first-order chi connectivity index (χ1) is 19.2. The van der Waals surface area contributed by atoms with Gasteiger partial charge in [-0.3, -0.25) is 9.78 Å². The molecule has 0 fully saturated rings. The summed E-state index contributed by atoms with van der Waals surface area (Å²) in [6.45, 7) is 0.915. The van der Waals surface area contributed by atoms with Crippen molar-refractivity contribution in [2.45, 2.75) is 57.8 Å². The van der Waals surface area contributed by atoms with E-state index in [1.807, 2.05) is 18.2 Å². The third-order valence-corrected chi connectivity index (χ3v) is 8.52. The van der Waals surface area contributed by atoms with E-state index in [9.17, 15) is 4.79 Å². The smallest absolute Gasteiger partial charge is 0.224 e. The van der Waals surface area contributed by atoms with Gasteiger partial charge in [0.2, 0.25) is 5.91 Å². The molecule has 5 aromatic rings. The van der Waals surface area contributed by atoms with Crippen LogP contribution in [0.3, 0.4) is 0 Å². The second-order valence-corrected chi connectivity index (χ2v) is 11.5. The molecular weight excluding hydrogens is 500 g/mol. The maximum absolute atomic E-state index is 12.5. The highest BCUT2D eigenvalue weighted by molar-refractivity contribution is 7.18. The van der Waals surface area contributed by atoms with Crippen molar-refractivity contribution in [3.63, 3.8) is 0 Å². The summed E-state index contributed by atoms with van der Waals surface area (Å²) in [4.78, 5) is 22.2. The number of para-hydroxylation sites is 2. The predicted molar refractivity (Wildman–Crippen MR) is 163 cm³/mol. The van der Waals surface area contributed by atoms with E-state index in [1.54, 1.807) is 11.3 Å². The molecule has 0 saturated carbocycles. The highest BCUT2D eigenvalue weighted by Crippen LogP contribution is 2.33. The fourth-order valence-electron chi connectivity index (χ4n) is 5.47. The number of hydrogen-bond acceptors (Lipinski definition) is 5. The molecule has 1 aliphatic rings. The topological polar surface area (TPSA) is 66.9 Å². The van der Waals surface area contributed by atoms with Crippen molar-refractivity contribution in [1.29, 1.82) is 0 Å². The number of carbonyl (C=O) groups excluding carboxylic acids is 1. The molecule has 0 saturated heterocycles. The van der Waals surface area contributed by atoms with Crippen molar-refractivity contribution in [2.75, 3.05) is 17.2 Å². The second kappa shape index (κ2) is 12.0. The van der Waals surface area contributed by atoms with Crippen molar-refractivity contribution < 1.29 is 4.79 Å². The lowest BCUT2D eigenvalue weighted by atomic mass is 9.92. The maximum atomic E-state index is 12.5. The van der Waals surface area contributed by atoms with Gasteiger partial charge in [-0.15, -0.1) is 11.3 Å². The number of pyridine rings is 1. The number of anilines is 2. The normalized spacial score (nSPS) is 12.9. The molecule has 39 heavy (non-hydrogen) atoms. The highest BCUT2D eigenvalue weighted by atomic mass is 32.1.